The van der Waals surface area contributed by atoms with E-state index < -0.39 is 0 Å². The van der Waals surface area contributed by atoms with Crippen molar-refractivity contribution in [2.45, 2.75) is 13.8 Å². The molecular formula is C28H29N4O3+. The number of nitrogens with zero attached hydrogens (tertiary/aromatic N) is 2. The first kappa shape index (κ1) is 21.7. The van der Waals surface area contributed by atoms with Crippen molar-refractivity contribution in [3.63, 3.8) is 0 Å². The monoisotopic (exact) mass is 469 g/mol. The maximum atomic E-state index is 13.8. The van der Waals surface area contributed by atoms with Gasteiger partial charge in [0.05, 0.1) is 61.7 Å². The van der Waals surface area contributed by atoms with E-state index in [4.69, 9.17) is 9.26 Å². The topological polar surface area (TPSA) is 72.0 Å². The lowest BCUT2D eigenvalue weighted by Crippen LogP contribution is -3.14. The van der Waals surface area contributed by atoms with Crippen molar-refractivity contribution in [2.24, 2.45) is 0 Å². The number of carbonyl (C=O) groups excluding carboxylic acids is 1. The fourth-order valence-electron chi connectivity index (χ4n) is 5.26. The van der Waals surface area contributed by atoms with Crippen LogP contribution in [0, 0.1) is 0 Å². The molecular weight excluding hydrogens is 440 g/mol. The lowest BCUT2D eigenvalue weighted by molar-refractivity contribution is -0.898. The lowest BCUT2D eigenvalue weighted by atomic mass is 9.86. The highest BCUT2D eigenvalue weighted by atomic mass is 16.5. The summed E-state index contributed by atoms with van der Waals surface area (Å²) in [5.74, 6) is 1.47. The molecule has 0 spiro atoms. The maximum Gasteiger partial charge on any atom is 0.196 e. The second-order valence-corrected chi connectivity index (χ2v) is 9.10. The van der Waals surface area contributed by atoms with Crippen molar-refractivity contribution in [2.75, 3.05) is 49.5 Å². The maximum absolute atomic E-state index is 13.8. The van der Waals surface area contributed by atoms with Gasteiger partial charge in [-0.3, -0.25) is 4.79 Å². The van der Waals surface area contributed by atoms with Crippen molar-refractivity contribution >= 4 is 33.7 Å². The Bertz CT molecular complexity index is 1400. The second-order valence-electron chi connectivity index (χ2n) is 9.10. The number of hydrogen-bond acceptors (Lipinski definition) is 6. The molecule has 0 saturated carbocycles. The van der Waals surface area contributed by atoms with Crippen LogP contribution >= 0.6 is 0 Å². The Kier molecular flexibility index (Phi) is 5.41. The van der Waals surface area contributed by atoms with Crippen LogP contribution in [0.3, 0.4) is 0 Å². The number of nitrogens with one attached hydrogen (secondary N) is 2. The molecule has 2 heterocycles. The third-order valence-electron chi connectivity index (χ3n) is 7.13. The predicted octanol–water partition coefficient (Wildman–Crippen LogP) is 3.91. The van der Waals surface area contributed by atoms with E-state index in [0.717, 1.165) is 72.0 Å². The molecule has 0 unspecified atom stereocenters. The van der Waals surface area contributed by atoms with E-state index >= 15 is 0 Å². The van der Waals surface area contributed by atoms with Gasteiger partial charge in [-0.15, -0.1) is 0 Å². The molecule has 6 rings (SSSR count). The van der Waals surface area contributed by atoms with Crippen LogP contribution in [-0.2, 0) is 0 Å². The van der Waals surface area contributed by atoms with Crippen LogP contribution in [0.1, 0.15) is 29.8 Å². The molecule has 178 valence electrons. The summed E-state index contributed by atoms with van der Waals surface area (Å²) in [4.78, 5) is 17.7. The highest BCUT2D eigenvalue weighted by molar-refractivity contribution is 6.28. The van der Waals surface area contributed by atoms with Gasteiger partial charge in [-0.05, 0) is 44.2 Å². The van der Waals surface area contributed by atoms with Gasteiger partial charge in [0.25, 0.3) is 0 Å². The molecule has 2 aliphatic rings. The summed E-state index contributed by atoms with van der Waals surface area (Å²) in [6, 6.07) is 17.5. The Hall–Kier alpha value is -3.84. The molecule has 1 aliphatic heterocycles. The number of ketones is 1. The molecule has 1 aromatic heterocycles. The van der Waals surface area contributed by atoms with Crippen LogP contribution in [0.5, 0.6) is 5.75 Å². The Morgan fingerprint density at radius 2 is 1.80 bits per heavy atom. The van der Waals surface area contributed by atoms with E-state index in [9.17, 15) is 4.79 Å². The highest BCUT2D eigenvalue weighted by Crippen LogP contribution is 2.46. The van der Waals surface area contributed by atoms with Crippen LogP contribution in [0.15, 0.2) is 59.1 Å². The smallest absolute Gasteiger partial charge is 0.196 e. The van der Waals surface area contributed by atoms with E-state index in [2.05, 4.69) is 28.4 Å². The zero-order valence-electron chi connectivity index (χ0n) is 20.1. The van der Waals surface area contributed by atoms with Gasteiger partial charge in [-0.1, -0.05) is 29.4 Å². The summed E-state index contributed by atoms with van der Waals surface area (Å²) >= 11 is 0. The lowest BCUT2D eigenvalue weighted by Gasteiger charge is -2.33. The molecule has 3 aromatic carbocycles. The molecule has 7 heteroatoms. The molecule has 1 fully saturated rings. The number of aromatic nitrogens is 1. The first-order valence-electron chi connectivity index (χ1n) is 12.4. The normalized spacial score (nSPS) is 15.4. The van der Waals surface area contributed by atoms with E-state index in [1.54, 1.807) is 4.90 Å². The number of carbonyl (C=O) groups is 1. The number of fused-ring (bicyclic) bond motifs is 2. The molecule has 4 aromatic rings. The van der Waals surface area contributed by atoms with Crippen LogP contribution in [0.25, 0.3) is 22.2 Å². The largest absolute Gasteiger partial charge is 0.494 e. The van der Waals surface area contributed by atoms with Gasteiger partial charge in [0.1, 0.15) is 11.3 Å². The summed E-state index contributed by atoms with van der Waals surface area (Å²) in [5, 5.41) is 8.81. The summed E-state index contributed by atoms with van der Waals surface area (Å²) in [6.45, 7) is 9.98. The summed E-state index contributed by atoms with van der Waals surface area (Å²) < 4.78 is 11.5. The SMILES string of the molecule is CCOc1ccc(Nc2cc(N3CC[NH+](CC)CC3)c3noc4c3c2C(=O)c2ccccc2-4)cc1. The first-order chi connectivity index (χ1) is 17.2. The fraction of sp³-hybridized carbons (Fsp3) is 0.286. The van der Waals surface area contributed by atoms with Crippen molar-refractivity contribution in [3.05, 3.63) is 65.7 Å². The number of likely N-dealkylation sites (N-methyl/N-ethyl adjacent to an activating group) is 1. The number of ether oxygens (including phenoxy) is 1. The Balaban J connectivity index is 1.50. The first-order valence-corrected chi connectivity index (χ1v) is 12.4. The minimum absolute atomic E-state index is 0.0125. The highest BCUT2D eigenvalue weighted by Gasteiger charge is 2.34. The fourth-order valence-corrected chi connectivity index (χ4v) is 5.26. The molecule has 1 saturated heterocycles. The Labute approximate surface area is 204 Å². The van der Waals surface area contributed by atoms with Crippen LogP contribution in [0.2, 0.25) is 0 Å². The van der Waals surface area contributed by atoms with Crippen LogP contribution in [-0.4, -0.2) is 50.3 Å². The molecule has 0 atom stereocenters. The van der Waals surface area contributed by atoms with Gasteiger partial charge in [0.2, 0.25) is 0 Å². The van der Waals surface area contributed by atoms with Gasteiger partial charge >= 0.3 is 0 Å². The van der Waals surface area contributed by atoms with Crippen LogP contribution < -0.4 is 19.9 Å². The van der Waals surface area contributed by atoms with Gasteiger partial charge in [0.15, 0.2) is 11.5 Å². The minimum Gasteiger partial charge on any atom is -0.494 e. The van der Waals surface area contributed by atoms with Crippen molar-refractivity contribution < 1.29 is 19.0 Å². The third-order valence-corrected chi connectivity index (χ3v) is 7.13. The van der Waals surface area contributed by atoms with Gasteiger partial charge in [-0.25, -0.2) is 0 Å². The summed E-state index contributed by atoms with van der Waals surface area (Å²) in [6.07, 6.45) is 0. The zero-order valence-corrected chi connectivity index (χ0v) is 20.1. The van der Waals surface area contributed by atoms with Gasteiger partial charge in [0, 0.05) is 16.8 Å². The standard InChI is InChI=1S/C28H28N4O3/c1-3-31-13-15-32(16-14-31)23-17-22(29-18-9-11-19(12-10-18)34-4-2)24-25-26(23)30-35-28(25)21-8-6-5-7-20(21)27(24)33/h5-12,17,29H,3-4,13-16H2,1-2H3/p+1. The number of rotatable bonds is 6. The number of hydrogen-bond donors (Lipinski definition) is 2. The molecule has 0 bridgehead atoms. The molecule has 1 aliphatic carbocycles. The number of benzene rings is 3. The van der Waals surface area contributed by atoms with Gasteiger partial charge in [-0.2, -0.15) is 0 Å². The molecule has 35 heavy (non-hydrogen) atoms. The van der Waals surface area contributed by atoms with E-state index in [1.807, 2.05) is 55.5 Å². The van der Waals surface area contributed by atoms with Crippen molar-refractivity contribution in [1.29, 1.82) is 0 Å². The number of anilines is 3. The average molecular weight is 470 g/mol. The van der Waals surface area contributed by atoms with Crippen molar-refractivity contribution in [1.82, 2.24) is 5.16 Å². The van der Waals surface area contributed by atoms with Gasteiger partial charge < -0.3 is 24.4 Å². The zero-order chi connectivity index (χ0) is 23.9. The van der Waals surface area contributed by atoms with E-state index in [0.29, 0.717) is 23.5 Å². The molecule has 0 radical (unpaired) electrons. The Morgan fingerprint density at radius 3 is 2.51 bits per heavy atom. The van der Waals surface area contributed by atoms with E-state index in [1.165, 1.54) is 0 Å². The summed E-state index contributed by atoms with van der Waals surface area (Å²) in [5.41, 5.74) is 5.48. The van der Waals surface area contributed by atoms with E-state index in [-0.39, 0.29) is 5.78 Å². The number of piperazine rings is 1. The third kappa shape index (κ3) is 3.63. The quantitative estimate of drug-likeness (QED) is 0.393. The molecule has 0 amide bonds. The predicted molar refractivity (Wildman–Crippen MR) is 137 cm³/mol. The molecule has 2 N–H and O–H groups in total. The van der Waals surface area contributed by atoms with Crippen molar-refractivity contribution in [3.8, 4) is 17.1 Å². The molecule has 7 nitrogen and oxygen atoms in total. The van der Waals surface area contributed by atoms with Crippen LogP contribution in [0.4, 0.5) is 17.1 Å². The average Bonchev–Trinajstić information content (AvgIpc) is 3.34. The Morgan fingerprint density at radius 1 is 1.06 bits per heavy atom. The second kappa shape index (κ2) is 8.74. The summed E-state index contributed by atoms with van der Waals surface area (Å²) in [7, 11) is 0. The minimum atomic E-state index is -0.0125. The number of quaternary nitrogens is 1.